The number of unbranched alkanes of at least 4 members (excludes halogenated alkanes) is 30. The summed E-state index contributed by atoms with van der Waals surface area (Å²) in [5.41, 5.74) is 0. The summed E-state index contributed by atoms with van der Waals surface area (Å²) in [5, 5.41) is 0. The van der Waals surface area contributed by atoms with E-state index < -0.39 is 6.10 Å². The van der Waals surface area contributed by atoms with E-state index in [1.165, 1.54) is 141 Å². The van der Waals surface area contributed by atoms with Gasteiger partial charge in [0.15, 0.2) is 6.10 Å². The predicted octanol–water partition coefficient (Wildman–Crippen LogP) is 18.8. The van der Waals surface area contributed by atoms with E-state index in [0.29, 0.717) is 19.3 Å². The van der Waals surface area contributed by atoms with Crippen LogP contribution in [0.2, 0.25) is 0 Å². The summed E-state index contributed by atoms with van der Waals surface area (Å²) >= 11 is 0. The van der Waals surface area contributed by atoms with Gasteiger partial charge in [-0.2, -0.15) is 0 Å². The van der Waals surface area contributed by atoms with Gasteiger partial charge in [-0.05, 0) is 89.9 Å². The van der Waals surface area contributed by atoms with Gasteiger partial charge in [-0.3, -0.25) is 14.4 Å². The van der Waals surface area contributed by atoms with Gasteiger partial charge in [-0.1, -0.05) is 236 Å². The van der Waals surface area contributed by atoms with Crippen molar-refractivity contribution < 1.29 is 28.6 Å². The van der Waals surface area contributed by atoms with Crippen LogP contribution in [0.5, 0.6) is 0 Å². The molecule has 0 N–H and O–H groups in total. The van der Waals surface area contributed by atoms with Crippen molar-refractivity contribution in [3.63, 3.8) is 0 Å². The highest BCUT2D eigenvalue weighted by Crippen LogP contribution is 2.15. The molecule has 0 aliphatic heterocycles. The first-order valence-electron chi connectivity index (χ1n) is 28.3. The molecule has 0 fully saturated rings. The number of esters is 3. The molecule has 6 nitrogen and oxygen atoms in total. The van der Waals surface area contributed by atoms with Crippen molar-refractivity contribution in [2.24, 2.45) is 0 Å². The van der Waals surface area contributed by atoms with E-state index in [1.807, 2.05) is 0 Å². The standard InChI is InChI=1S/C60H106O6/c1-4-7-10-13-15-17-19-21-23-25-26-27-28-29-30-31-32-33-34-35-37-38-40-42-44-47-50-53-59(62)65-56-57(55-64-58(61)52-49-46-12-9-6-3)66-60(63)54-51-48-45-43-41-39-36-24-22-20-18-16-14-11-8-5-2/h18-21,24-26,28-29,36,57H,4-17,22-23,27,30-35,37-56H2,1-3H3/b20-18-,21-19-,26-25-,29-28-,36-24-. The first-order valence-corrected chi connectivity index (χ1v) is 28.3. The lowest BCUT2D eigenvalue weighted by atomic mass is 10.0. The van der Waals surface area contributed by atoms with Gasteiger partial charge in [-0.25, -0.2) is 0 Å². The molecule has 1 unspecified atom stereocenters. The number of carbonyl (C=O) groups excluding carboxylic acids is 3. The molecule has 0 spiro atoms. The Balaban J connectivity index is 4.07. The molecule has 0 radical (unpaired) electrons. The first kappa shape index (κ1) is 63.1. The van der Waals surface area contributed by atoms with E-state index in [-0.39, 0.29) is 31.1 Å². The Labute approximate surface area is 409 Å². The third-order valence-corrected chi connectivity index (χ3v) is 12.2. The fourth-order valence-corrected chi connectivity index (χ4v) is 7.95. The number of allylic oxidation sites excluding steroid dienone is 10. The Morgan fingerprint density at radius 1 is 0.303 bits per heavy atom. The first-order chi connectivity index (χ1) is 32.5. The fourth-order valence-electron chi connectivity index (χ4n) is 7.95. The van der Waals surface area contributed by atoms with Crippen molar-refractivity contribution in [3.05, 3.63) is 60.8 Å². The zero-order valence-electron chi connectivity index (χ0n) is 43.7. The molecular weight excluding hydrogens is 817 g/mol. The van der Waals surface area contributed by atoms with E-state index >= 15 is 0 Å². The molecular formula is C60H106O6. The average molecular weight is 924 g/mol. The summed E-state index contributed by atoms with van der Waals surface area (Å²) in [6.07, 6.45) is 68.3. The molecule has 0 aliphatic carbocycles. The van der Waals surface area contributed by atoms with Crippen LogP contribution in [0.25, 0.3) is 0 Å². The molecule has 0 aromatic rings. The van der Waals surface area contributed by atoms with Crippen molar-refractivity contribution >= 4 is 17.9 Å². The predicted molar refractivity (Wildman–Crippen MR) is 284 cm³/mol. The minimum absolute atomic E-state index is 0.0800. The average Bonchev–Trinajstić information content (AvgIpc) is 3.31. The summed E-state index contributed by atoms with van der Waals surface area (Å²) < 4.78 is 16.7. The lowest BCUT2D eigenvalue weighted by Crippen LogP contribution is -2.30. The van der Waals surface area contributed by atoms with Crippen LogP contribution in [0.4, 0.5) is 0 Å². The van der Waals surface area contributed by atoms with Gasteiger partial charge >= 0.3 is 17.9 Å². The number of carbonyl (C=O) groups is 3. The zero-order valence-corrected chi connectivity index (χ0v) is 43.7. The summed E-state index contributed by atoms with van der Waals surface area (Å²) in [6.45, 7) is 6.53. The van der Waals surface area contributed by atoms with E-state index in [2.05, 4.69) is 81.5 Å². The zero-order chi connectivity index (χ0) is 47.9. The molecule has 0 amide bonds. The van der Waals surface area contributed by atoms with E-state index in [1.54, 1.807) is 0 Å². The summed E-state index contributed by atoms with van der Waals surface area (Å²) in [5.74, 6) is -0.903. The highest BCUT2D eigenvalue weighted by atomic mass is 16.6. The van der Waals surface area contributed by atoms with Gasteiger partial charge in [0.05, 0.1) is 0 Å². The van der Waals surface area contributed by atoms with Crippen molar-refractivity contribution in [2.75, 3.05) is 13.2 Å². The molecule has 0 aromatic carbocycles. The normalized spacial score (nSPS) is 12.5. The Kier molecular flexibility index (Phi) is 52.3. The van der Waals surface area contributed by atoms with Crippen molar-refractivity contribution in [3.8, 4) is 0 Å². The minimum Gasteiger partial charge on any atom is -0.462 e. The highest BCUT2D eigenvalue weighted by molar-refractivity contribution is 5.71. The van der Waals surface area contributed by atoms with Crippen LogP contribution in [0.15, 0.2) is 60.8 Å². The van der Waals surface area contributed by atoms with Crippen molar-refractivity contribution in [2.45, 2.75) is 290 Å². The molecule has 0 saturated carbocycles. The SMILES string of the molecule is CCCCCC/C=C\C/C=C\CCCCCCCC(=O)OC(COC(=O)CCCCCCC)COC(=O)CCCCCCCCCCCCCC/C=C\C/C=C\C/C=C\CCCCCCC. The second kappa shape index (κ2) is 54.7. The second-order valence-corrected chi connectivity index (χ2v) is 18.8. The third-order valence-electron chi connectivity index (χ3n) is 12.2. The van der Waals surface area contributed by atoms with E-state index in [0.717, 1.165) is 103 Å². The van der Waals surface area contributed by atoms with E-state index in [4.69, 9.17) is 14.2 Å². The topological polar surface area (TPSA) is 78.9 Å². The van der Waals surface area contributed by atoms with Gasteiger partial charge in [-0.15, -0.1) is 0 Å². The minimum atomic E-state index is -0.777. The monoisotopic (exact) mass is 923 g/mol. The summed E-state index contributed by atoms with van der Waals surface area (Å²) in [4.78, 5) is 37.7. The Bertz CT molecular complexity index is 1200. The van der Waals surface area contributed by atoms with Crippen LogP contribution in [0.3, 0.4) is 0 Å². The van der Waals surface area contributed by atoms with Gasteiger partial charge in [0.1, 0.15) is 13.2 Å². The Morgan fingerprint density at radius 2 is 0.545 bits per heavy atom. The molecule has 0 saturated heterocycles. The maximum atomic E-state index is 12.7. The molecule has 0 rings (SSSR count). The second-order valence-electron chi connectivity index (χ2n) is 18.8. The molecule has 0 heterocycles. The van der Waals surface area contributed by atoms with E-state index in [9.17, 15) is 14.4 Å². The maximum Gasteiger partial charge on any atom is 0.306 e. The fraction of sp³-hybridized carbons (Fsp3) is 0.783. The Morgan fingerprint density at radius 3 is 0.864 bits per heavy atom. The molecule has 0 aromatic heterocycles. The van der Waals surface area contributed by atoms with Gasteiger partial charge in [0.2, 0.25) is 0 Å². The quantitative estimate of drug-likeness (QED) is 0.0262. The molecule has 66 heavy (non-hydrogen) atoms. The van der Waals surface area contributed by atoms with Crippen LogP contribution in [0, 0.1) is 0 Å². The number of ether oxygens (including phenoxy) is 3. The smallest absolute Gasteiger partial charge is 0.306 e. The number of hydrogen-bond acceptors (Lipinski definition) is 6. The van der Waals surface area contributed by atoms with Crippen LogP contribution in [-0.2, 0) is 28.6 Å². The van der Waals surface area contributed by atoms with Crippen LogP contribution < -0.4 is 0 Å². The number of hydrogen-bond donors (Lipinski definition) is 0. The molecule has 1 atom stereocenters. The van der Waals surface area contributed by atoms with Gasteiger partial charge < -0.3 is 14.2 Å². The highest BCUT2D eigenvalue weighted by Gasteiger charge is 2.19. The van der Waals surface area contributed by atoms with Crippen LogP contribution in [0.1, 0.15) is 284 Å². The molecule has 382 valence electrons. The lowest BCUT2D eigenvalue weighted by Gasteiger charge is -2.18. The van der Waals surface area contributed by atoms with Gasteiger partial charge in [0.25, 0.3) is 0 Å². The van der Waals surface area contributed by atoms with Crippen molar-refractivity contribution in [1.82, 2.24) is 0 Å². The third kappa shape index (κ3) is 52.1. The van der Waals surface area contributed by atoms with Crippen LogP contribution in [-0.4, -0.2) is 37.2 Å². The molecule has 6 heteroatoms. The maximum absolute atomic E-state index is 12.7. The summed E-state index contributed by atoms with van der Waals surface area (Å²) in [6, 6.07) is 0. The van der Waals surface area contributed by atoms with Crippen LogP contribution >= 0.6 is 0 Å². The van der Waals surface area contributed by atoms with Crippen molar-refractivity contribution in [1.29, 1.82) is 0 Å². The molecule has 0 aliphatic rings. The Hall–Kier alpha value is -2.89. The molecule has 0 bridgehead atoms. The van der Waals surface area contributed by atoms with Gasteiger partial charge in [0, 0.05) is 19.3 Å². The number of rotatable bonds is 51. The lowest BCUT2D eigenvalue weighted by molar-refractivity contribution is -0.167. The largest absolute Gasteiger partial charge is 0.462 e. The summed E-state index contributed by atoms with van der Waals surface area (Å²) in [7, 11) is 0.